The first-order valence-electron chi connectivity index (χ1n) is 6.01. The van der Waals surface area contributed by atoms with Crippen LogP contribution >= 0.6 is 0 Å². The molecule has 0 heterocycles. The fourth-order valence-electron chi connectivity index (χ4n) is 1.30. The predicted molar refractivity (Wildman–Crippen MR) is 63.6 cm³/mol. The second-order valence-electron chi connectivity index (χ2n) is 5.40. The Morgan fingerprint density at radius 3 is 2.31 bits per heavy atom. The van der Waals surface area contributed by atoms with Crippen LogP contribution in [0.4, 0.5) is 0 Å². The van der Waals surface area contributed by atoms with Gasteiger partial charge in [0.05, 0.1) is 14.1 Å². The van der Waals surface area contributed by atoms with E-state index < -0.39 is 11.5 Å². The van der Waals surface area contributed by atoms with Crippen molar-refractivity contribution in [2.24, 2.45) is 0 Å². The molecule has 0 unspecified atom stereocenters. The quantitative estimate of drug-likeness (QED) is 0.371. The molecular weight excluding hydrogens is 204 g/mol. The molecule has 0 saturated heterocycles. The molecule has 1 N–H and O–H groups in total. The molecule has 0 aromatic heterocycles. The van der Waals surface area contributed by atoms with Gasteiger partial charge in [-0.15, -0.1) is 0 Å². The van der Waals surface area contributed by atoms with E-state index in [1.165, 1.54) is 12.8 Å². The van der Waals surface area contributed by atoms with Crippen LogP contribution in [0.1, 0.15) is 40.0 Å². The molecule has 0 saturated carbocycles. The normalized spacial score (nSPS) is 12.8. The maximum atomic E-state index is 11.0. The molecule has 0 atom stereocenters. The van der Waals surface area contributed by atoms with Crippen LogP contribution in [-0.4, -0.2) is 43.3 Å². The minimum Gasteiger partial charge on any atom is -0.544 e. The largest absolute Gasteiger partial charge is 0.544 e. The molecule has 0 fully saturated rings. The lowest BCUT2D eigenvalue weighted by Crippen LogP contribution is -2.66. The van der Waals surface area contributed by atoms with Gasteiger partial charge in [0.2, 0.25) is 0 Å². The van der Waals surface area contributed by atoms with E-state index in [-0.39, 0.29) is 0 Å². The number of unbranched alkanes of at least 4 members (excludes halogenated alkanes) is 2. The Balaban J connectivity index is 4.09. The number of carbonyl (C=O) groups is 1. The molecule has 4 heteroatoms. The molecule has 0 aromatic rings. The van der Waals surface area contributed by atoms with E-state index in [9.17, 15) is 9.90 Å². The third-order valence-corrected chi connectivity index (χ3v) is 3.48. The Bertz CT molecular complexity index is 225. The van der Waals surface area contributed by atoms with Crippen molar-refractivity contribution in [2.75, 3.05) is 27.3 Å². The molecule has 16 heavy (non-hydrogen) atoms. The zero-order chi connectivity index (χ0) is 12.8. The Morgan fingerprint density at radius 2 is 1.88 bits per heavy atom. The van der Waals surface area contributed by atoms with Crippen molar-refractivity contribution in [1.29, 1.82) is 0 Å². The van der Waals surface area contributed by atoms with E-state index in [0.717, 1.165) is 13.0 Å². The number of likely N-dealkylation sites (N-methyl/N-ethyl adjacent to an activating group) is 1. The van der Waals surface area contributed by atoms with Crippen LogP contribution in [-0.2, 0) is 4.79 Å². The molecule has 0 rings (SSSR count). The highest BCUT2D eigenvalue weighted by Gasteiger charge is 2.37. The van der Waals surface area contributed by atoms with E-state index in [0.29, 0.717) is 11.2 Å². The van der Waals surface area contributed by atoms with Crippen molar-refractivity contribution in [2.45, 2.75) is 45.6 Å². The van der Waals surface area contributed by atoms with E-state index in [4.69, 9.17) is 0 Å². The Hall–Kier alpha value is -0.610. The van der Waals surface area contributed by atoms with Crippen LogP contribution in [0.2, 0.25) is 0 Å². The first-order chi connectivity index (χ1) is 7.25. The standard InChI is InChI=1S/C12H26N2O2/c1-6-7-8-9-13-10-14(4,5)12(2,3)11(15)16/h13H,6-10H2,1-5H3. The van der Waals surface area contributed by atoms with Crippen molar-refractivity contribution in [3.8, 4) is 0 Å². The molecule has 0 radical (unpaired) electrons. The lowest BCUT2D eigenvalue weighted by Gasteiger charge is -2.44. The van der Waals surface area contributed by atoms with Gasteiger partial charge in [0.15, 0.2) is 0 Å². The fraction of sp³-hybridized carbons (Fsp3) is 0.917. The van der Waals surface area contributed by atoms with Gasteiger partial charge < -0.3 is 14.4 Å². The number of aliphatic carboxylic acids is 1. The van der Waals surface area contributed by atoms with Gasteiger partial charge in [-0.25, -0.2) is 0 Å². The smallest absolute Gasteiger partial charge is 0.134 e. The number of rotatable bonds is 8. The molecule has 96 valence electrons. The van der Waals surface area contributed by atoms with Crippen molar-refractivity contribution in [3.63, 3.8) is 0 Å². The van der Waals surface area contributed by atoms with Gasteiger partial charge in [-0.1, -0.05) is 19.8 Å². The number of carbonyl (C=O) groups excluding carboxylic acids is 1. The second kappa shape index (κ2) is 6.21. The van der Waals surface area contributed by atoms with E-state index in [1.54, 1.807) is 13.8 Å². The maximum absolute atomic E-state index is 11.0. The minimum absolute atomic E-state index is 0.376. The van der Waals surface area contributed by atoms with E-state index in [2.05, 4.69) is 12.2 Å². The Labute approximate surface area is 99.2 Å². The zero-order valence-corrected chi connectivity index (χ0v) is 11.3. The van der Waals surface area contributed by atoms with E-state index >= 15 is 0 Å². The van der Waals surface area contributed by atoms with Crippen LogP contribution in [0.15, 0.2) is 0 Å². The van der Waals surface area contributed by atoms with Crippen molar-refractivity contribution >= 4 is 5.97 Å². The number of carboxylic acids is 1. The van der Waals surface area contributed by atoms with Gasteiger partial charge in [-0.05, 0) is 20.3 Å². The Morgan fingerprint density at radius 1 is 1.31 bits per heavy atom. The highest BCUT2D eigenvalue weighted by Crippen LogP contribution is 2.17. The van der Waals surface area contributed by atoms with Gasteiger partial charge >= 0.3 is 0 Å². The lowest BCUT2D eigenvalue weighted by molar-refractivity contribution is -0.932. The van der Waals surface area contributed by atoms with Crippen LogP contribution in [0.5, 0.6) is 0 Å². The van der Waals surface area contributed by atoms with Gasteiger partial charge in [0.25, 0.3) is 0 Å². The Kier molecular flexibility index (Phi) is 5.97. The summed E-state index contributed by atoms with van der Waals surface area (Å²) in [5, 5.41) is 14.4. The fourth-order valence-corrected chi connectivity index (χ4v) is 1.30. The number of hydrogen-bond acceptors (Lipinski definition) is 3. The lowest BCUT2D eigenvalue weighted by atomic mass is 10.0. The summed E-state index contributed by atoms with van der Waals surface area (Å²) < 4.78 is 0.376. The summed E-state index contributed by atoms with van der Waals surface area (Å²) in [7, 11) is 3.81. The third-order valence-electron chi connectivity index (χ3n) is 3.48. The summed E-state index contributed by atoms with van der Waals surface area (Å²) >= 11 is 0. The number of nitrogens with zero attached hydrogens (tertiary/aromatic N) is 1. The van der Waals surface area contributed by atoms with Gasteiger partial charge in [-0.2, -0.15) is 0 Å². The molecule has 0 aliphatic heterocycles. The molecule has 4 nitrogen and oxygen atoms in total. The number of nitrogens with one attached hydrogen (secondary N) is 1. The van der Waals surface area contributed by atoms with Crippen molar-refractivity contribution in [1.82, 2.24) is 5.32 Å². The summed E-state index contributed by atoms with van der Waals surface area (Å²) in [4.78, 5) is 11.0. The van der Waals surface area contributed by atoms with Crippen LogP contribution in [0.3, 0.4) is 0 Å². The van der Waals surface area contributed by atoms with Gasteiger partial charge in [0, 0.05) is 6.54 Å². The average molecular weight is 230 g/mol. The molecule has 0 aromatic carbocycles. The molecule has 0 amide bonds. The van der Waals surface area contributed by atoms with Crippen LogP contribution < -0.4 is 10.4 Å². The van der Waals surface area contributed by atoms with Crippen molar-refractivity contribution < 1.29 is 14.4 Å². The predicted octanol–water partition coefficient (Wildman–Crippen LogP) is 0.329. The number of hydrogen-bond donors (Lipinski definition) is 1. The minimum atomic E-state index is -1.01. The van der Waals surface area contributed by atoms with Crippen LogP contribution in [0, 0.1) is 0 Å². The summed E-state index contributed by atoms with van der Waals surface area (Å²) in [5.74, 6) is -1.01. The molecular formula is C12H26N2O2. The molecule has 0 aliphatic rings. The van der Waals surface area contributed by atoms with E-state index in [1.807, 2.05) is 14.1 Å². The average Bonchev–Trinajstić information content (AvgIpc) is 2.16. The summed E-state index contributed by atoms with van der Waals surface area (Å²) in [6.07, 6.45) is 3.55. The first-order valence-corrected chi connectivity index (χ1v) is 6.01. The number of carboxylic acid groups (broad SMARTS) is 1. The number of quaternary nitrogens is 1. The summed E-state index contributed by atoms with van der Waals surface area (Å²) in [6.45, 7) is 7.16. The molecule has 0 spiro atoms. The SMILES string of the molecule is CCCCCNC[N+](C)(C)C(C)(C)C(=O)[O-]. The highest BCUT2D eigenvalue weighted by atomic mass is 16.4. The molecule has 0 bridgehead atoms. The second-order valence-corrected chi connectivity index (χ2v) is 5.40. The zero-order valence-electron chi connectivity index (χ0n) is 11.3. The van der Waals surface area contributed by atoms with Crippen LogP contribution in [0.25, 0.3) is 0 Å². The summed E-state index contributed by atoms with van der Waals surface area (Å²) in [5.41, 5.74) is -0.877. The topological polar surface area (TPSA) is 52.2 Å². The first kappa shape index (κ1) is 15.4. The van der Waals surface area contributed by atoms with Gasteiger partial charge in [-0.3, -0.25) is 5.32 Å². The maximum Gasteiger partial charge on any atom is 0.134 e. The monoisotopic (exact) mass is 230 g/mol. The highest BCUT2D eigenvalue weighted by molar-refractivity contribution is 5.73. The third kappa shape index (κ3) is 4.10. The van der Waals surface area contributed by atoms with Crippen molar-refractivity contribution in [3.05, 3.63) is 0 Å². The molecule has 0 aliphatic carbocycles. The van der Waals surface area contributed by atoms with Gasteiger partial charge in [0.1, 0.15) is 18.2 Å². The summed E-state index contributed by atoms with van der Waals surface area (Å²) in [6, 6.07) is 0.